The summed E-state index contributed by atoms with van der Waals surface area (Å²) >= 11 is 0. The summed E-state index contributed by atoms with van der Waals surface area (Å²) in [7, 11) is 0. The highest BCUT2D eigenvalue weighted by molar-refractivity contribution is 5.89. The molecule has 4 heteroatoms. The molecule has 4 nitrogen and oxygen atoms in total. The number of carbonyl (C=O) groups excluding carboxylic acids is 1. The Morgan fingerprint density at radius 3 is 2.44 bits per heavy atom. The zero-order valence-corrected chi connectivity index (χ0v) is 10.2. The van der Waals surface area contributed by atoms with Crippen molar-refractivity contribution in [2.45, 2.75) is 51.9 Å². The Bertz CT molecular complexity index is 301. The van der Waals surface area contributed by atoms with Gasteiger partial charge in [0.1, 0.15) is 5.60 Å². The Kier molecular flexibility index (Phi) is 3.76. The van der Waals surface area contributed by atoms with Crippen molar-refractivity contribution in [3.8, 4) is 0 Å². The zero-order chi connectivity index (χ0) is 12.5. The number of esters is 1. The molecule has 3 atom stereocenters. The van der Waals surface area contributed by atoms with Crippen molar-refractivity contribution in [2.24, 2.45) is 5.92 Å². The van der Waals surface area contributed by atoms with Crippen molar-refractivity contribution in [2.75, 3.05) is 0 Å². The molecule has 1 aliphatic carbocycles. The van der Waals surface area contributed by atoms with Gasteiger partial charge in [-0.25, -0.2) is 4.79 Å². The number of hydrogen-bond acceptors (Lipinski definition) is 4. The summed E-state index contributed by atoms with van der Waals surface area (Å²) in [6.45, 7) is 7.09. The molecule has 0 amide bonds. The van der Waals surface area contributed by atoms with Crippen LogP contribution in [0.2, 0.25) is 0 Å². The third kappa shape index (κ3) is 3.32. The van der Waals surface area contributed by atoms with Crippen LogP contribution in [0, 0.1) is 5.92 Å². The molecule has 0 saturated heterocycles. The first-order valence-corrected chi connectivity index (χ1v) is 5.51. The fourth-order valence-electron chi connectivity index (χ4n) is 1.56. The van der Waals surface area contributed by atoms with E-state index in [4.69, 9.17) is 4.74 Å². The zero-order valence-electron chi connectivity index (χ0n) is 10.2. The van der Waals surface area contributed by atoms with Crippen molar-refractivity contribution in [1.29, 1.82) is 0 Å². The molecule has 0 unspecified atom stereocenters. The van der Waals surface area contributed by atoms with Crippen molar-refractivity contribution in [3.63, 3.8) is 0 Å². The lowest BCUT2D eigenvalue weighted by Gasteiger charge is -2.29. The summed E-state index contributed by atoms with van der Waals surface area (Å²) in [5, 5.41) is 19.3. The Morgan fingerprint density at radius 1 is 1.44 bits per heavy atom. The molecule has 0 aromatic heterocycles. The van der Waals surface area contributed by atoms with Gasteiger partial charge < -0.3 is 14.9 Å². The average Bonchev–Trinajstić information content (AvgIpc) is 2.10. The van der Waals surface area contributed by atoms with E-state index in [-0.39, 0.29) is 12.3 Å². The number of aliphatic hydroxyl groups excluding tert-OH is 2. The first-order valence-electron chi connectivity index (χ1n) is 5.51. The van der Waals surface area contributed by atoms with Gasteiger partial charge in [-0.15, -0.1) is 0 Å². The van der Waals surface area contributed by atoms with E-state index < -0.39 is 23.8 Å². The first kappa shape index (κ1) is 13.2. The number of carbonyl (C=O) groups is 1. The van der Waals surface area contributed by atoms with E-state index in [0.717, 1.165) is 0 Å². The van der Waals surface area contributed by atoms with Gasteiger partial charge in [-0.1, -0.05) is 6.92 Å². The van der Waals surface area contributed by atoms with Crippen molar-refractivity contribution < 1.29 is 19.7 Å². The third-order valence-electron chi connectivity index (χ3n) is 2.61. The van der Waals surface area contributed by atoms with Gasteiger partial charge in [-0.2, -0.15) is 0 Å². The highest BCUT2D eigenvalue weighted by Crippen LogP contribution is 2.26. The van der Waals surface area contributed by atoms with Crippen molar-refractivity contribution >= 4 is 5.97 Å². The molecule has 1 aliphatic rings. The molecule has 0 fully saturated rings. The Labute approximate surface area is 95.9 Å². The molecule has 0 radical (unpaired) electrons. The Hall–Kier alpha value is -0.870. The van der Waals surface area contributed by atoms with Crippen LogP contribution >= 0.6 is 0 Å². The summed E-state index contributed by atoms with van der Waals surface area (Å²) < 4.78 is 5.18. The van der Waals surface area contributed by atoms with Crippen LogP contribution in [-0.2, 0) is 9.53 Å². The largest absolute Gasteiger partial charge is 0.457 e. The SMILES string of the molecule is C[C@@H]1[C@@H](O)C=C(C(=O)OC(C)(C)C)C[C@@H]1O. The van der Waals surface area contributed by atoms with E-state index in [2.05, 4.69) is 0 Å². The van der Waals surface area contributed by atoms with Gasteiger partial charge in [0.25, 0.3) is 0 Å². The first-order chi connectivity index (χ1) is 7.20. The molecule has 0 spiro atoms. The van der Waals surface area contributed by atoms with Crippen LogP contribution in [0.1, 0.15) is 34.1 Å². The lowest BCUT2D eigenvalue weighted by Crippen LogP contribution is -2.35. The number of ether oxygens (including phenoxy) is 1. The lowest BCUT2D eigenvalue weighted by atomic mass is 9.86. The van der Waals surface area contributed by atoms with E-state index in [1.165, 1.54) is 6.08 Å². The minimum Gasteiger partial charge on any atom is -0.457 e. The van der Waals surface area contributed by atoms with Crippen LogP contribution in [0.4, 0.5) is 0 Å². The maximum atomic E-state index is 11.7. The second-order valence-electron chi connectivity index (χ2n) is 5.31. The van der Waals surface area contributed by atoms with Crippen LogP contribution < -0.4 is 0 Å². The molecule has 0 heterocycles. The topological polar surface area (TPSA) is 66.8 Å². The van der Waals surface area contributed by atoms with Gasteiger partial charge in [-0.3, -0.25) is 0 Å². The fraction of sp³-hybridized carbons (Fsp3) is 0.750. The molecule has 0 aromatic rings. The Balaban J connectivity index is 2.75. The highest BCUT2D eigenvalue weighted by Gasteiger charge is 2.31. The van der Waals surface area contributed by atoms with E-state index in [0.29, 0.717) is 5.57 Å². The Morgan fingerprint density at radius 2 is 2.00 bits per heavy atom. The summed E-state index contributed by atoms with van der Waals surface area (Å²) in [6.07, 6.45) is 0.243. The molecule has 1 rings (SSSR count). The van der Waals surface area contributed by atoms with Gasteiger partial charge in [0.05, 0.1) is 12.2 Å². The maximum Gasteiger partial charge on any atom is 0.334 e. The summed E-state index contributed by atoms with van der Waals surface area (Å²) in [6, 6.07) is 0. The molecular weight excluding hydrogens is 208 g/mol. The minimum atomic E-state index is -0.786. The number of rotatable bonds is 1. The second kappa shape index (κ2) is 4.55. The normalized spacial score (nSPS) is 30.9. The molecule has 0 aromatic carbocycles. The molecule has 16 heavy (non-hydrogen) atoms. The van der Waals surface area contributed by atoms with Gasteiger partial charge >= 0.3 is 5.97 Å². The highest BCUT2D eigenvalue weighted by atomic mass is 16.6. The molecule has 2 N–H and O–H groups in total. The van der Waals surface area contributed by atoms with Crippen LogP contribution in [0.15, 0.2) is 11.6 Å². The molecular formula is C12H20O4. The van der Waals surface area contributed by atoms with E-state index in [1.807, 2.05) is 0 Å². The monoisotopic (exact) mass is 228 g/mol. The number of aliphatic hydroxyl groups is 2. The summed E-state index contributed by atoms with van der Waals surface area (Å²) in [5.41, 5.74) is -0.204. The number of hydrogen-bond donors (Lipinski definition) is 2. The fourth-order valence-corrected chi connectivity index (χ4v) is 1.56. The van der Waals surface area contributed by atoms with Gasteiger partial charge in [0.15, 0.2) is 0 Å². The quantitative estimate of drug-likeness (QED) is 0.657. The van der Waals surface area contributed by atoms with E-state index >= 15 is 0 Å². The maximum absolute atomic E-state index is 11.7. The van der Waals surface area contributed by atoms with Crippen molar-refractivity contribution in [1.82, 2.24) is 0 Å². The third-order valence-corrected chi connectivity index (χ3v) is 2.61. The van der Waals surface area contributed by atoms with Crippen LogP contribution in [-0.4, -0.2) is 34.0 Å². The lowest BCUT2D eigenvalue weighted by molar-refractivity contribution is -0.150. The average molecular weight is 228 g/mol. The predicted molar refractivity (Wildman–Crippen MR) is 59.7 cm³/mol. The molecule has 92 valence electrons. The predicted octanol–water partition coefficient (Wildman–Crippen LogP) is 1.02. The minimum absolute atomic E-state index is 0.243. The summed E-state index contributed by atoms with van der Waals surface area (Å²) in [4.78, 5) is 11.7. The van der Waals surface area contributed by atoms with Crippen molar-refractivity contribution in [3.05, 3.63) is 11.6 Å². The van der Waals surface area contributed by atoms with Gasteiger partial charge in [0, 0.05) is 17.9 Å². The molecule has 0 bridgehead atoms. The van der Waals surface area contributed by atoms with E-state index in [1.54, 1.807) is 27.7 Å². The van der Waals surface area contributed by atoms with E-state index in [9.17, 15) is 15.0 Å². The second-order valence-corrected chi connectivity index (χ2v) is 5.31. The standard InChI is InChI=1S/C12H20O4/c1-7-9(13)5-8(6-10(7)14)11(15)16-12(2,3)4/h5,7,9-10,13-14H,6H2,1-4H3/t7-,9+,10+/m1/s1. The van der Waals surface area contributed by atoms with Crippen LogP contribution in [0.3, 0.4) is 0 Å². The van der Waals surface area contributed by atoms with Gasteiger partial charge in [-0.05, 0) is 26.8 Å². The molecule has 0 saturated carbocycles. The van der Waals surface area contributed by atoms with Crippen LogP contribution in [0.25, 0.3) is 0 Å². The van der Waals surface area contributed by atoms with Crippen LogP contribution in [0.5, 0.6) is 0 Å². The smallest absolute Gasteiger partial charge is 0.334 e. The summed E-state index contributed by atoms with van der Waals surface area (Å²) in [5.74, 6) is -0.705. The molecule has 0 aliphatic heterocycles. The van der Waals surface area contributed by atoms with Gasteiger partial charge in [0.2, 0.25) is 0 Å².